The van der Waals surface area contributed by atoms with Crippen LogP contribution in [0.25, 0.3) is 0 Å². The predicted molar refractivity (Wildman–Crippen MR) is 111 cm³/mol. The first-order chi connectivity index (χ1) is 13.9. The molecule has 0 bridgehead atoms. The van der Waals surface area contributed by atoms with Gasteiger partial charge in [0, 0.05) is 17.6 Å². The van der Waals surface area contributed by atoms with Crippen molar-refractivity contribution in [3.8, 4) is 0 Å². The molecule has 1 fully saturated rings. The van der Waals surface area contributed by atoms with Crippen molar-refractivity contribution < 1.29 is 29.9 Å². The summed E-state index contributed by atoms with van der Waals surface area (Å²) in [5.74, 6) is -1.70. The summed E-state index contributed by atoms with van der Waals surface area (Å²) in [6.45, 7) is 1.48. The average Bonchev–Trinajstić information content (AvgIpc) is 2.75. The number of aliphatic hydroxyl groups is 4. The SMILES string of the molecule is CO[C@@]1(c2ccc(C)c(Cc3ccc(SC)cc3)c2)O[C@H](CO)[C@@H](O)[C@H](O)[C@H]1O. The summed E-state index contributed by atoms with van der Waals surface area (Å²) in [4.78, 5) is 1.19. The fourth-order valence-corrected chi connectivity index (χ4v) is 4.12. The maximum absolute atomic E-state index is 10.7. The summed E-state index contributed by atoms with van der Waals surface area (Å²) < 4.78 is 11.3. The maximum Gasteiger partial charge on any atom is 0.224 e. The molecule has 1 saturated heterocycles. The lowest BCUT2D eigenvalue weighted by molar-refractivity contribution is -0.366. The van der Waals surface area contributed by atoms with E-state index in [4.69, 9.17) is 9.47 Å². The molecule has 2 aromatic rings. The van der Waals surface area contributed by atoms with E-state index in [-0.39, 0.29) is 0 Å². The van der Waals surface area contributed by atoms with Crippen molar-refractivity contribution in [3.63, 3.8) is 0 Å². The summed E-state index contributed by atoms with van der Waals surface area (Å²) in [6.07, 6.45) is -2.84. The van der Waals surface area contributed by atoms with Crippen molar-refractivity contribution in [1.82, 2.24) is 0 Å². The lowest BCUT2D eigenvalue weighted by atomic mass is 9.86. The number of aryl methyl sites for hydroxylation is 1. The normalized spacial score (nSPS) is 29.8. The number of hydrogen-bond acceptors (Lipinski definition) is 7. The third kappa shape index (κ3) is 4.22. The number of ether oxygens (including phenoxy) is 2. The molecular weight excluding hydrogens is 392 g/mol. The molecule has 0 amide bonds. The first-order valence-electron chi connectivity index (χ1n) is 9.47. The summed E-state index contributed by atoms with van der Waals surface area (Å²) in [5, 5.41) is 40.6. The Balaban J connectivity index is 1.97. The summed E-state index contributed by atoms with van der Waals surface area (Å²) >= 11 is 1.69. The zero-order chi connectivity index (χ0) is 21.2. The van der Waals surface area contributed by atoms with E-state index >= 15 is 0 Å². The van der Waals surface area contributed by atoms with Crippen molar-refractivity contribution >= 4 is 11.8 Å². The minimum absolute atomic E-state index is 0.512. The van der Waals surface area contributed by atoms with Gasteiger partial charge in [0.1, 0.15) is 24.4 Å². The van der Waals surface area contributed by atoms with Crippen molar-refractivity contribution in [2.45, 2.75) is 48.4 Å². The van der Waals surface area contributed by atoms with Gasteiger partial charge in [0.05, 0.1) is 6.61 Å². The van der Waals surface area contributed by atoms with E-state index in [1.165, 1.54) is 12.0 Å². The lowest BCUT2D eigenvalue weighted by Crippen LogP contribution is -2.64. The fourth-order valence-electron chi connectivity index (χ4n) is 3.71. The van der Waals surface area contributed by atoms with E-state index < -0.39 is 36.8 Å². The Morgan fingerprint density at radius 3 is 2.34 bits per heavy atom. The second kappa shape index (κ2) is 9.14. The Kier molecular flexibility index (Phi) is 7.01. The Bertz CT molecular complexity index is 825. The average molecular weight is 421 g/mol. The largest absolute Gasteiger partial charge is 0.394 e. The highest BCUT2D eigenvalue weighted by Crippen LogP contribution is 2.40. The molecule has 0 radical (unpaired) electrons. The molecule has 1 aliphatic heterocycles. The van der Waals surface area contributed by atoms with Gasteiger partial charge in [-0.1, -0.05) is 24.3 Å². The van der Waals surface area contributed by atoms with Gasteiger partial charge in [-0.2, -0.15) is 0 Å². The van der Waals surface area contributed by atoms with E-state index in [1.54, 1.807) is 17.8 Å². The van der Waals surface area contributed by atoms with Crippen molar-refractivity contribution in [1.29, 1.82) is 0 Å². The monoisotopic (exact) mass is 420 g/mol. The summed E-state index contributed by atoms with van der Waals surface area (Å²) in [6, 6.07) is 13.9. The highest BCUT2D eigenvalue weighted by atomic mass is 32.2. The first-order valence-corrected chi connectivity index (χ1v) is 10.7. The van der Waals surface area contributed by atoms with Crippen LogP contribution in [0, 0.1) is 6.92 Å². The van der Waals surface area contributed by atoms with Gasteiger partial charge in [0.2, 0.25) is 5.79 Å². The lowest BCUT2D eigenvalue weighted by Gasteiger charge is -2.47. The minimum atomic E-state index is -1.70. The summed E-state index contributed by atoms with van der Waals surface area (Å²) in [7, 11) is 1.36. The molecular formula is C22H28O6S. The highest BCUT2D eigenvalue weighted by Gasteiger charge is 2.55. The van der Waals surface area contributed by atoms with Crippen LogP contribution in [0.2, 0.25) is 0 Å². The molecule has 3 rings (SSSR count). The quantitative estimate of drug-likeness (QED) is 0.527. The molecule has 0 unspecified atom stereocenters. The molecule has 6 nitrogen and oxygen atoms in total. The van der Waals surface area contributed by atoms with Crippen molar-refractivity contribution in [3.05, 3.63) is 64.7 Å². The van der Waals surface area contributed by atoms with Gasteiger partial charge in [-0.15, -0.1) is 11.8 Å². The van der Waals surface area contributed by atoms with Crippen LogP contribution in [0.3, 0.4) is 0 Å². The molecule has 7 heteroatoms. The Labute approximate surface area is 175 Å². The first kappa shape index (κ1) is 22.2. The number of methoxy groups -OCH3 is 1. The van der Waals surface area contributed by atoms with Crippen LogP contribution in [0.4, 0.5) is 0 Å². The second-order valence-corrected chi connectivity index (χ2v) is 8.18. The fraction of sp³-hybridized carbons (Fsp3) is 0.455. The molecule has 4 N–H and O–H groups in total. The second-order valence-electron chi connectivity index (χ2n) is 7.30. The third-order valence-corrected chi connectivity index (χ3v) is 6.30. The number of rotatable bonds is 6. The van der Waals surface area contributed by atoms with E-state index in [2.05, 4.69) is 24.3 Å². The number of hydrogen-bond donors (Lipinski definition) is 4. The van der Waals surface area contributed by atoms with E-state index in [0.29, 0.717) is 12.0 Å². The standard InChI is InChI=1S/C22H28O6S/c1-13-4-7-16(11-15(13)10-14-5-8-17(29-3)9-6-14)22(27-2)21(26)20(25)19(24)18(12-23)28-22/h4-9,11,18-21,23-26H,10,12H2,1-3H3/t18-,19-,20+,21-,22+/m1/s1. The minimum Gasteiger partial charge on any atom is -0.394 e. The molecule has 29 heavy (non-hydrogen) atoms. The molecule has 1 heterocycles. The summed E-state index contributed by atoms with van der Waals surface area (Å²) in [5.41, 5.74) is 3.74. The van der Waals surface area contributed by atoms with E-state index in [9.17, 15) is 20.4 Å². The zero-order valence-corrected chi connectivity index (χ0v) is 17.6. The van der Waals surface area contributed by atoms with Crippen LogP contribution in [0.1, 0.15) is 22.3 Å². The molecule has 0 aromatic heterocycles. The Morgan fingerprint density at radius 1 is 1.07 bits per heavy atom. The van der Waals surface area contributed by atoms with Gasteiger partial charge in [-0.3, -0.25) is 0 Å². The van der Waals surface area contributed by atoms with Crippen LogP contribution in [-0.4, -0.2) is 64.8 Å². The Hall–Kier alpha value is -1.45. The molecule has 0 aliphatic carbocycles. The van der Waals surface area contributed by atoms with Gasteiger partial charge in [-0.25, -0.2) is 0 Å². The van der Waals surface area contributed by atoms with Gasteiger partial charge in [0.25, 0.3) is 0 Å². The van der Waals surface area contributed by atoms with Gasteiger partial charge in [-0.05, 0) is 54.5 Å². The number of aliphatic hydroxyl groups excluding tert-OH is 4. The maximum atomic E-state index is 10.7. The highest BCUT2D eigenvalue weighted by molar-refractivity contribution is 7.98. The molecule has 0 saturated carbocycles. The van der Waals surface area contributed by atoms with Crippen LogP contribution < -0.4 is 0 Å². The molecule has 2 aromatic carbocycles. The predicted octanol–water partition coefficient (Wildman–Crippen LogP) is 1.58. The Morgan fingerprint density at radius 2 is 1.76 bits per heavy atom. The van der Waals surface area contributed by atoms with Crippen LogP contribution >= 0.6 is 11.8 Å². The molecule has 1 aliphatic rings. The van der Waals surface area contributed by atoms with Crippen LogP contribution in [0.5, 0.6) is 0 Å². The van der Waals surface area contributed by atoms with E-state index in [1.807, 2.05) is 25.3 Å². The van der Waals surface area contributed by atoms with Crippen LogP contribution in [0.15, 0.2) is 47.4 Å². The van der Waals surface area contributed by atoms with E-state index in [0.717, 1.165) is 16.7 Å². The van der Waals surface area contributed by atoms with Crippen LogP contribution in [-0.2, 0) is 21.7 Å². The number of benzene rings is 2. The van der Waals surface area contributed by atoms with Crippen molar-refractivity contribution in [2.75, 3.05) is 20.0 Å². The number of thioether (sulfide) groups is 1. The van der Waals surface area contributed by atoms with Crippen molar-refractivity contribution in [2.24, 2.45) is 0 Å². The third-order valence-electron chi connectivity index (χ3n) is 5.56. The van der Waals surface area contributed by atoms with Gasteiger partial charge >= 0.3 is 0 Å². The molecule has 5 atom stereocenters. The smallest absolute Gasteiger partial charge is 0.224 e. The zero-order valence-electron chi connectivity index (χ0n) is 16.8. The topological polar surface area (TPSA) is 99.4 Å². The van der Waals surface area contributed by atoms with Gasteiger partial charge < -0.3 is 29.9 Å². The molecule has 0 spiro atoms. The van der Waals surface area contributed by atoms with Gasteiger partial charge in [0.15, 0.2) is 0 Å². The molecule has 158 valence electrons.